The molecular formula is C14H13F2NO3S. The van der Waals surface area contributed by atoms with Crippen molar-refractivity contribution in [2.45, 2.75) is 20.1 Å². The molecule has 2 rings (SSSR count). The summed E-state index contributed by atoms with van der Waals surface area (Å²) in [5.41, 5.74) is 1.24. The van der Waals surface area contributed by atoms with Gasteiger partial charge in [0.2, 0.25) is 0 Å². The van der Waals surface area contributed by atoms with Crippen molar-refractivity contribution in [1.29, 1.82) is 0 Å². The molecule has 0 aliphatic carbocycles. The van der Waals surface area contributed by atoms with Gasteiger partial charge in [0.25, 0.3) is 0 Å². The smallest absolute Gasteiger partial charge is 0.387 e. The van der Waals surface area contributed by atoms with Gasteiger partial charge in [0.15, 0.2) is 0 Å². The highest BCUT2D eigenvalue weighted by atomic mass is 32.1. The zero-order chi connectivity index (χ0) is 15.4. The van der Waals surface area contributed by atoms with Crippen molar-refractivity contribution in [2.75, 3.05) is 5.32 Å². The van der Waals surface area contributed by atoms with Gasteiger partial charge in [0.05, 0.1) is 5.69 Å². The van der Waals surface area contributed by atoms with Crippen LogP contribution in [0, 0.1) is 6.92 Å². The Balaban J connectivity index is 2.11. The lowest BCUT2D eigenvalue weighted by molar-refractivity contribution is -0.0493. The fourth-order valence-corrected chi connectivity index (χ4v) is 2.68. The van der Waals surface area contributed by atoms with Gasteiger partial charge in [-0.25, -0.2) is 4.79 Å². The number of hydrogen-bond donors (Lipinski definition) is 2. The second kappa shape index (κ2) is 6.53. The van der Waals surface area contributed by atoms with Crippen LogP contribution in [-0.4, -0.2) is 17.7 Å². The molecule has 0 radical (unpaired) electrons. The Labute approximate surface area is 124 Å². The molecular weight excluding hydrogens is 300 g/mol. The molecule has 21 heavy (non-hydrogen) atoms. The first kappa shape index (κ1) is 15.2. The number of hydrogen-bond acceptors (Lipinski definition) is 4. The summed E-state index contributed by atoms with van der Waals surface area (Å²) in [6.45, 7) is -0.746. The van der Waals surface area contributed by atoms with Gasteiger partial charge in [-0.1, -0.05) is 12.1 Å². The number of carbonyl (C=O) groups is 1. The largest absolute Gasteiger partial charge is 0.477 e. The molecule has 1 aromatic carbocycles. The van der Waals surface area contributed by atoms with Crippen LogP contribution in [-0.2, 0) is 6.54 Å². The molecule has 2 aromatic rings. The molecule has 0 bridgehead atoms. The number of benzene rings is 1. The Morgan fingerprint density at radius 3 is 2.76 bits per heavy atom. The Kier molecular flexibility index (Phi) is 4.74. The summed E-state index contributed by atoms with van der Waals surface area (Å²) in [5.74, 6) is -0.922. The number of alkyl halides is 2. The van der Waals surface area contributed by atoms with Crippen molar-refractivity contribution in [2.24, 2.45) is 0 Å². The monoisotopic (exact) mass is 313 g/mol. The lowest BCUT2D eigenvalue weighted by atomic mass is 10.2. The number of aryl methyl sites for hydroxylation is 1. The molecule has 4 nitrogen and oxygen atoms in total. The quantitative estimate of drug-likeness (QED) is 0.847. The maximum atomic E-state index is 12.3. The van der Waals surface area contributed by atoms with Crippen LogP contribution in [0.25, 0.3) is 0 Å². The summed E-state index contributed by atoms with van der Waals surface area (Å²) in [5, 5.41) is 11.9. The predicted molar refractivity (Wildman–Crippen MR) is 76.4 cm³/mol. The van der Waals surface area contributed by atoms with Crippen LogP contribution in [0.1, 0.15) is 20.1 Å². The van der Waals surface area contributed by atoms with E-state index in [1.54, 1.807) is 24.3 Å². The van der Waals surface area contributed by atoms with Gasteiger partial charge in [-0.2, -0.15) is 8.78 Å². The van der Waals surface area contributed by atoms with Crippen molar-refractivity contribution in [3.05, 3.63) is 45.6 Å². The number of rotatable bonds is 6. The number of para-hydroxylation sites is 2. The molecule has 0 amide bonds. The molecule has 0 atom stereocenters. The molecule has 0 saturated carbocycles. The summed E-state index contributed by atoms with van der Waals surface area (Å²) < 4.78 is 29.0. The van der Waals surface area contributed by atoms with Crippen LogP contribution < -0.4 is 10.1 Å². The highest BCUT2D eigenvalue weighted by Gasteiger charge is 2.12. The van der Waals surface area contributed by atoms with E-state index in [-0.39, 0.29) is 10.6 Å². The van der Waals surface area contributed by atoms with Gasteiger partial charge in [-0.05, 0) is 30.7 Å². The van der Waals surface area contributed by atoms with E-state index in [1.165, 1.54) is 17.4 Å². The Morgan fingerprint density at radius 2 is 2.14 bits per heavy atom. The number of ether oxygens (including phenoxy) is 1. The maximum Gasteiger partial charge on any atom is 0.387 e. The number of carboxylic acid groups (broad SMARTS) is 1. The van der Waals surface area contributed by atoms with Crippen molar-refractivity contribution in [3.63, 3.8) is 0 Å². The summed E-state index contributed by atoms with van der Waals surface area (Å²) in [6, 6.07) is 7.94. The molecule has 0 unspecified atom stereocenters. The van der Waals surface area contributed by atoms with Crippen molar-refractivity contribution < 1.29 is 23.4 Å². The molecule has 1 aromatic heterocycles. The molecule has 0 aliphatic rings. The third-order valence-corrected chi connectivity index (χ3v) is 3.88. The summed E-state index contributed by atoms with van der Waals surface area (Å²) in [6.07, 6.45) is 0. The second-order valence-corrected chi connectivity index (χ2v) is 5.48. The zero-order valence-corrected chi connectivity index (χ0v) is 11.9. The third-order valence-electron chi connectivity index (χ3n) is 2.80. The Bertz CT molecular complexity index is 643. The van der Waals surface area contributed by atoms with Gasteiger partial charge in [-0.3, -0.25) is 0 Å². The van der Waals surface area contributed by atoms with Crippen LogP contribution in [0.3, 0.4) is 0 Å². The average molecular weight is 313 g/mol. The van der Waals surface area contributed by atoms with Gasteiger partial charge >= 0.3 is 12.6 Å². The van der Waals surface area contributed by atoms with Gasteiger partial charge < -0.3 is 15.2 Å². The minimum Gasteiger partial charge on any atom is -0.477 e. The summed E-state index contributed by atoms with van der Waals surface area (Å²) >= 11 is 1.18. The molecule has 112 valence electrons. The second-order valence-electron chi connectivity index (χ2n) is 4.23. The fourth-order valence-electron chi connectivity index (χ4n) is 1.80. The highest BCUT2D eigenvalue weighted by molar-refractivity contribution is 7.14. The van der Waals surface area contributed by atoms with Gasteiger partial charge in [-0.15, -0.1) is 11.3 Å². The van der Waals surface area contributed by atoms with E-state index in [1.807, 2.05) is 6.92 Å². The van der Waals surface area contributed by atoms with E-state index < -0.39 is 12.6 Å². The highest BCUT2D eigenvalue weighted by Crippen LogP contribution is 2.27. The minimum absolute atomic E-state index is 0.0545. The lowest BCUT2D eigenvalue weighted by Crippen LogP contribution is -2.06. The first-order valence-corrected chi connectivity index (χ1v) is 6.89. The predicted octanol–water partition coefficient (Wildman–Crippen LogP) is 3.97. The molecule has 0 aliphatic heterocycles. The lowest BCUT2D eigenvalue weighted by Gasteiger charge is -2.12. The van der Waals surface area contributed by atoms with E-state index in [0.717, 1.165) is 10.4 Å². The van der Waals surface area contributed by atoms with Crippen LogP contribution in [0.4, 0.5) is 14.5 Å². The average Bonchev–Trinajstić information content (AvgIpc) is 2.79. The van der Waals surface area contributed by atoms with Crippen molar-refractivity contribution in [3.8, 4) is 5.75 Å². The van der Waals surface area contributed by atoms with Crippen LogP contribution >= 0.6 is 11.3 Å². The van der Waals surface area contributed by atoms with E-state index in [2.05, 4.69) is 10.1 Å². The van der Waals surface area contributed by atoms with Crippen molar-refractivity contribution >= 4 is 23.0 Å². The SMILES string of the molecule is Cc1sc(C(=O)O)cc1CNc1ccccc1OC(F)F. The number of anilines is 1. The minimum atomic E-state index is -2.89. The van der Waals surface area contributed by atoms with E-state index in [0.29, 0.717) is 12.2 Å². The summed E-state index contributed by atoms with van der Waals surface area (Å²) in [7, 11) is 0. The van der Waals surface area contributed by atoms with Crippen LogP contribution in [0.2, 0.25) is 0 Å². The van der Waals surface area contributed by atoms with Crippen LogP contribution in [0.5, 0.6) is 5.75 Å². The van der Waals surface area contributed by atoms with E-state index in [4.69, 9.17) is 5.11 Å². The zero-order valence-electron chi connectivity index (χ0n) is 11.1. The number of thiophene rings is 1. The summed E-state index contributed by atoms with van der Waals surface area (Å²) in [4.78, 5) is 12.0. The van der Waals surface area contributed by atoms with Gasteiger partial charge in [0.1, 0.15) is 10.6 Å². The Hall–Kier alpha value is -2.15. The third kappa shape index (κ3) is 3.91. The number of carboxylic acids is 1. The van der Waals surface area contributed by atoms with E-state index >= 15 is 0 Å². The topological polar surface area (TPSA) is 58.6 Å². The Morgan fingerprint density at radius 1 is 1.43 bits per heavy atom. The van der Waals surface area contributed by atoms with E-state index in [9.17, 15) is 13.6 Å². The first-order chi connectivity index (χ1) is 9.97. The number of halogens is 2. The normalized spacial score (nSPS) is 10.7. The number of aromatic carboxylic acids is 1. The number of nitrogens with one attached hydrogen (secondary N) is 1. The standard InChI is InChI=1S/C14H13F2NO3S/c1-8-9(6-12(21-8)13(18)19)7-17-10-4-2-3-5-11(10)20-14(15)16/h2-6,14,17H,7H2,1H3,(H,18,19). The molecule has 0 fully saturated rings. The molecule has 1 heterocycles. The van der Waals surface area contributed by atoms with Gasteiger partial charge in [0, 0.05) is 11.4 Å². The maximum absolute atomic E-state index is 12.3. The molecule has 0 saturated heterocycles. The fraction of sp³-hybridized carbons (Fsp3) is 0.214. The molecule has 2 N–H and O–H groups in total. The molecule has 0 spiro atoms. The van der Waals surface area contributed by atoms with Crippen LogP contribution in [0.15, 0.2) is 30.3 Å². The van der Waals surface area contributed by atoms with Crippen molar-refractivity contribution in [1.82, 2.24) is 0 Å². The molecule has 7 heteroatoms. The first-order valence-electron chi connectivity index (χ1n) is 6.07.